The summed E-state index contributed by atoms with van der Waals surface area (Å²) in [5, 5.41) is 4.56. The van der Waals surface area contributed by atoms with Crippen molar-refractivity contribution < 1.29 is 4.79 Å². The quantitative estimate of drug-likeness (QED) is 0.609. The minimum Gasteiger partial charge on any atom is -0.338 e. The van der Waals surface area contributed by atoms with Crippen molar-refractivity contribution >= 4 is 5.91 Å². The SMILES string of the molecule is Cc1ccc(Cn2nc3n(c(=O)c2=O)C[C@H]2CN(C(=O)c4ccncc4)C[C@@H]32)cc1. The minimum atomic E-state index is -0.607. The summed E-state index contributed by atoms with van der Waals surface area (Å²) in [5.74, 6) is 0.592. The fourth-order valence-electron chi connectivity index (χ4n) is 4.40. The van der Waals surface area contributed by atoms with Crippen LogP contribution in [0.1, 0.15) is 33.2 Å². The number of fused-ring (bicyclic) bond motifs is 3. The second-order valence-corrected chi connectivity index (χ2v) is 8.03. The molecule has 0 saturated carbocycles. The highest BCUT2D eigenvalue weighted by Crippen LogP contribution is 2.37. The molecule has 0 unspecified atom stereocenters. The normalized spacial score (nSPS) is 19.6. The maximum Gasteiger partial charge on any atom is 0.332 e. The van der Waals surface area contributed by atoms with E-state index in [0.717, 1.165) is 11.1 Å². The number of hydrogen-bond acceptors (Lipinski definition) is 5. The zero-order valence-electron chi connectivity index (χ0n) is 16.6. The fraction of sp³-hybridized carbons (Fsp3) is 0.318. The maximum absolute atomic E-state index is 12.8. The van der Waals surface area contributed by atoms with Gasteiger partial charge in [-0.15, -0.1) is 0 Å². The molecule has 1 amide bonds. The molecule has 0 bridgehead atoms. The molecule has 0 aliphatic carbocycles. The largest absolute Gasteiger partial charge is 0.338 e. The molecule has 5 rings (SSSR count). The first kappa shape index (κ1) is 18.5. The summed E-state index contributed by atoms with van der Waals surface area (Å²) in [6.07, 6.45) is 3.20. The van der Waals surface area contributed by atoms with E-state index in [0.29, 0.717) is 31.0 Å². The van der Waals surface area contributed by atoms with Crippen molar-refractivity contribution in [2.45, 2.75) is 25.9 Å². The van der Waals surface area contributed by atoms with Crippen LogP contribution in [-0.4, -0.2) is 43.2 Å². The number of aromatic nitrogens is 4. The van der Waals surface area contributed by atoms with Crippen LogP contribution in [0.25, 0.3) is 0 Å². The zero-order valence-corrected chi connectivity index (χ0v) is 16.6. The molecular weight excluding hydrogens is 382 g/mol. The monoisotopic (exact) mass is 403 g/mol. The number of nitrogens with zero attached hydrogens (tertiary/aromatic N) is 5. The molecule has 1 fully saturated rings. The van der Waals surface area contributed by atoms with Crippen molar-refractivity contribution in [3.63, 3.8) is 0 Å². The van der Waals surface area contributed by atoms with E-state index >= 15 is 0 Å². The number of likely N-dealkylation sites (tertiary alicyclic amines) is 1. The third-order valence-corrected chi connectivity index (χ3v) is 6.02. The molecule has 0 N–H and O–H groups in total. The van der Waals surface area contributed by atoms with Gasteiger partial charge in [-0.2, -0.15) is 5.10 Å². The van der Waals surface area contributed by atoms with Crippen LogP contribution in [-0.2, 0) is 13.1 Å². The molecule has 2 aromatic heterocycles. The molecule has 2 aliphatic heterocycles. The van der Waals surface area contributed by atoms with E-state index in [2.05, 4.69) is 10.1 Å². The first-order valence-electron chi connectivity index (χ1n) is 9.98. The third-order valence-electron chi connectivity index (χ3n) is 6.02. The summed E-state index contributed by atoms with van der Waals surface area (Å²) in [6.45, 7) is 3.70. The van der Waals surface area contributed by atoms with Gasteiger partial charge in [-0.3, -0.25) is 23.9 Å². The van der Waals surface area contributed by atoms with Crippen LogP contribution in [0, 0.1) is 12.8 Å². The number of pyridine rings is 1. The van der Waals surface area contributed by atoms with E-state index in [1.165, 1.54) is 9.25 Å². The highest BCUT2D eigenvalue weighted by Gasteiger charge is 2.44. The smallest absolute Gasteiger partial charge is 0.332 e. The van der Waals surface area contributed by atoms with Crippen molar-refractivity contribution in [1.82, 2.24) is 24.2 Å². The number of carbonyl (C=O) groups excluding carboxylic acids is 1. The lowest BCUT2D eigenvalue weighted by Gasteiger charge is -2.18. The zero-order chi connectivity index (χ0) is 20.8. The summed E-state index contributed by atoms with van der Waals surface area (Å²) >= 11 is 0. The molecule has 30 heavy (non-hydrogen) atoms. The number of aryl methyl sites for hydroxylation is 1. The Morgan fingerprint density at radius 2 is 1.73 bits per heavy atom. The topological polar surface area (TPSA) is 90.1 Å². The Kier molecular flexibility index (Phi) is 4.34. The van der Waals surface area contributed by atoms with Crippen LogP contribution in [0.3, 0.4) is 0 Å². The lowest BCUT2D eigenvalue weighted by Crippen LogP contribution is -2.44. The Morgan fingerprint density at radius 3 is 2.47 bits per heavy atom. The van der Waals surface area contributed by atoms with Crippen molar-refractivity contribution in [3.05, 3.63) is 92.0 Å². The van der Waals surface area contributed by atoms with Crippen LogP contribution in [0.2, 0.25) is 0 Å². The van der Waals surface area contributed by atoms with E-state index in [1.807, 2.05) is 31.2 Å². The molecule has 152 valence electrons. The van der Waals surface area contributed by atoms with E-state index in [1.54, 1.807) is 29.4 Å². The standard InChI is InChI=1S/C22H21N5O3/c1-14-2-4-15(5-3-14)10-27-22(30)21(29)26-12-17-11-25(13-18(17)19(26)24-27)20(28)16-6-8-23-9-7-16/h2-9,17-18H,10-13H2,1H3/t17-,18-/m1/s1. The number of benzene rings is 1. The third kappa shape index (κ3) is 3.04. The molecule has 0 radical (unpaired) electrons. The van der Waals surface area contributed by atoms with E-state index in [9.17, 15) is 14.4 Å². The Balaban J connectivity index is 1.44. The number of hydrogen-bond donors (Lipinski definition) is 0. The summed E-state index contributed by atoms with van der Waals surface area (Å²) in [7, 11) is 0. The first-order chi connectivity index (χ1) is 14.5. The molecule has 0 spiro atoms. The van der Waals surface area contributed by atoms with Gasteiger partial charge in [-0.1, -0.05) is 29.8 Å². The molecule has 2 aliphatic rings. The lowest BCUT2D eigenvalue weighted by atomic mass is 10.00. The molecule has 1 aromatic carbocycles. The average molecular weight is 403 g/mol. The Bertz CT molecular complexity index is 1230. The summed E-state index contributed by atoms with van der Waals surface area (Å²) < 4.78 is 2.76. The number of carbonyl (C=O) groups is 1. The van der Waals surface area contributed by atoms with Crippen LogP contribution in [0.4, 0.5) is 0 Å². The highest BCUT2D eigenvalue weighted by atomic mass is 16.2. The second kappa shape index (κ2) is 7.05. The number of amides is 1. The van der Waals surface area contributed by atoms with Crippen LogP contribution < -0.4 is 11.1 Å². The lowest BCUT2D eigenvalue weighted by molar-refractivity contribution is 0.0782. The van der Waals surface area contributed by atoms with Gasteiger partial charge in [0.25, 0.3) is 5.91 Å². The van der Waals surface area contributed by atoms with E-state index in [4.69, 9.17) is 0 Å². The highest BCUT2D eigenvalue weighted by molar-refractivity contribution is 5.94. The van der Waals surface area contributed by atoms with E-state index in [-0.39, 0.29) is 24.3 Å². The van der Waals surface area contributed by atoms with Gasteiger partial charge in [0.05, 0.1) is 6.54 Å². The van der Waals surface area contributed by atoms with Gasteiger partial charge in [0.2, 0.25) is 0 Å². The van der Waals surface area contributed by atoms with Crippen LogP contribution in [0.5, 0.6) is 0 Å². The second-order valence-electron chi connectivity index (χ2n) is 8.03. The van der Waals surface area contributed by atoms with Gasteiger partial charge < -0.3 is 4.90 Å². The molecule has 4 heterocycles. The van der Waals surface area contributed by atoms with Crippen LogP contribution in [0.15, 0.2) is 58.4 Å². The number of rotatable bonds is 3. The molecule has 1 saturated heterocycles. The van der Waals surface area contributed by atoms with Gasteiger partial charge in [0, 0.05) is 49.4 Å². The summed E-state index contributed by atoms with van der Waals surface area (Å²) in [6, 6.07) is 11.2. The predicted octanol–water partition coefficient (Wildman–Crippen LogP) is 1.03. The fourth-order valence-corrected chi connectivity index (χ4v) is 4.40. The Labute approximate surface area is 172 Å². The van der Waals surface area contributed by atoms with Gasteiger partial charge in [-0.25, -0.2) is 4.68 Å². The minimum absolute atomic E-state index is 0.0475. The molecule has 8 nitrogen and oxygen atoms in total. The maximum atomic E-state index is 12.8. The summed E-state index contributed by atoms with van der Waals surface area (Å²) in [4.78, 5) is 43.8. The van der Waals surface area contributed by atoms with Gasteiger partial charge >= 0.3 is 11.1 Å². The summed E-state index contributed by atoms with van der Waals surface area (Å²) in [5.41, 5.74) is 1.49. The van der Waals surface area contributed by atoms with E-state index < -0.39 is 11.1 Å². The van der Waals surface area contributed by atoms with Crippen LogP contribution >= 0.6 is 0 Å². The van der Waals surface area contributed by atoms with Crippen molar-refractivity contribution in [2.24, 2.45) is 5.92 Å². The van der Waals surface area contributed by atoms with Gasteiger partial charge in [-0.05, 0) is 24.6 Å². The average Bonchev–Trinajstić information content (AvgIpc) is 3.32. The van der Waals surface area contributed by atoms with Gasteiger partial charge in [0.15, 0.2) is 0 Å². The molecule has 8 heteroatoms. The van der Waals surface area contributed by atoms with Crippen molar-refractivity contribution in [1.29, 1.82) is 0 Å². The molecular formula is C22H21N5O3. The predicted molar refractivity (Wildman–Crippen MR) is 109 cm³/mol. The Morgan fingerprint density at radius 1 is 1.00 bits per heavy atom. The first-order valence-corrected chi connectivity index (χ1v) is 9.98. The van der Waals surface area contributed by atoms with Crippen molar-refractivity contribution in [2.75, 3.05) is 13.1 Å². The molecule has 3 aromatic rings. The van der Waals surface area contributed by atoms with Crippen molar-refractivity contribution in [3.8, 4) is 0 Å². The molecule has 2 atom stereocenters. The Hall–Kier alpha value is -3.55. The van der Waals surface area contributed by atoms with Gasteiger partial charge in [0.1, 0.15) is 5.82 Å².